The molecule has 1 aliphatic carbocycles. The highest BCUT2D eigenvalue weighted by Crippen LogP contribution is 2.42. The smallest absolute Gasteiger partial charge is 0.163 e. The van der Waals surface area contributed by atoms with Crippen molar-refractivity contribution in [1.82, 2.24) is 15.0 Å². The van der Waals surface area contributed by atoms with Crippen molar-refractivity contribution in [3.63, 3.8) is 0 Å². The zero-order valence-electron chi connectivity index (χ0n) is 17.6. The summed E-state index contributed by atoms with van der Waals surface area (Å²) < 4.78 is 6.16. The van der Waals surface area contributed by atoms with E-state index in [-0.39, 0.29) is 12.0 Å². The van der Waals surface area contributed by atoms with Crippen LogP contribution in [-0.4, -0.2) is 21.1 Å². The number of fused-ring (bicyclic) bond motifs is 3. The molecule has 0 spiro atoms. The Morgan fingerprint density at radius 1 is 0.656 bits per heavy atom. The Morgan fingerprint density at radius 2 is 1.31 bits per heavy atom. The molecule has 6 rings (SSSR count). The lowest BCUT2D eigenvalue weighted by atomic mass is 9.91. The van der Waals surface area contributed by atoms with Crippen molar-refractivity contribution in [3.05, 3.63) is 108 Å². The highest BCUT2D eigenvalue weighted by atomic mass is 16.5. The molecule has 4 heteroatoms. The van der Waals surface area contributed by atoms with Gasteiger partial charge < -0.3 is 4.74 Å². The molecule has 0 bridgehead atoms. The Balaban J connectivity index is 1.34. The Kier molecular flexibility index (Phi) is 4.43. The van der Waals surface area contributed by atoms with Gasteiger partial charge in [-0.15, -0.1) is 0 Å². The Hall–Kier alpha value is -4.05. The molecule has 2 unspecified atom stereocenters. The lowest BCUT2D eigenvalue weighted by molar-refractivity contribution is 0.269. The summed E-state index contributed by atoms with van der Waals surface area (Å²) in [5.74, 6) is 3.21. The van der Waals surface area contributed by atoms with Crippen molar-refractivity contribution in [2.24, 2.45) is 0 Å². The fourth-order valence-corrected chi connectivity index (χ4v) is 4.36. The number of aromatic nitrogens is 3. The van der Waals surface area contributed by atoms with Crippen molar-refractivity contribution in [2.45, 2.75) is 18.9 Å². The molecule has 4 nitrogen and oxygen atoms in total. The number of hydrogen-bond acceptors (Lipinski definition) is 4. The average molecular weight is 415 g/mol. The highest BCUT2D eigenvalue weighted by molar-refractivity contribution is 5.69. The Labute approximate surface area is 187 Å². The predicted molar refractivity (Wildman–Crippen MR) is 126 cm³/mol. The quantitative estimate of drug-likeness (QED) is 0.403. The van der Waals surface area contributed by atoms with Gasteiger partial charge in [0.25, 0.3) is 0 Å². The summed E-state index contributed by atoms with van der Waals surface area (Å²) in [6.45, 7) is 1.90. The second-order valence-corrected chi connectivity index (χ2v) is 8.10. The van der Waals surface area contributed by atoms with Gasteiger partial charge in [0, 0.05) is 22.6 Å². The summed E-state index contributed by atoms with van der Waals surface area (Å²) in [7, 11) is 0. The largest absolute Gasteiger partial charge is 0.485 e. The van der Waals surface area contributed by atoms with Crippen molar-refractivity contribution in [2.75, 3.05) is 0 Å². The van der Waals surface area contributed by atoms with E-state index in [0.29, 0.717) is 17.5 Å². The minimum atomic E-state index is 0.0732. The zero-order valence-corrected chi connectivity index (χ0v) is 17.6. The molecule has 0 radical (unpaired) electrons. The number of aryl methyl sites for hydroxylation is 1. The zero-order chi connectivity index (χ0) is 21.5. The van der Waals surface area contributed by atoms with Crippen LogP contribution >= 0.6 is 0 Å². The first kappa shape index (κ1) is 18.7. The molecule has 4 aromatic rings. The number of ether oxygens (including phenoxy) is 1. The van der Waals surface area contributed by atoms with Gasteiger partial charge in [0.2, 0.25) is 0 Å². The van der Waals surface area contributed by atoms with Crippen molar-refractivity contribution >= 4 is 0 Å². The maximum atomic E-state index is 6.16. The van der Waals surface area contributed by atoms with Gasteiger partial charge in [-0.05, 0) is 30.2 Å². The molecule has 0 fully saturated rings. The number of hydrogen-bond donors (Lipinski definition) is 0. The lowest BCUT2D eigenvalue weighted by Gasteiger charge is -2.13. The predicted octanol–water partition coefficient (Wildman–Crippen LogP) is 6.15. The maximum absolute atomic E-state index is 6.16. The molecule has 0 saturated carbocycles. The van der Waals surface area contributed by atoms with Crippen molar-refractivity contribution < 1.29 is 4.74 Å². The SMILES string of the molecule is Cc1nc(-c2ccc(-c3ccccc3)cc2)nc(-c2ccc3c(c2)OC2C=CC=CC32)n1. The molecule has 0 saturated heterocycles. The van der Waals surface area contributed by atoms with E-state index in [0.717, 1.165) is 16.9 Å². The van der Waals surface area contributed by atoms with E-state index in [1.165, 1.54) is 16.7 Å². The van der Waals surface area contributed by atoms with Gasteiger partial charge in [0.15, 0.2) is 11.6 Å². The average Bonchev–Trinajstić information content (AvgIpc) is 3.22. The van der Waals surface area contributed by atoms with Gasteiger partial charge in [-0.1, -0.05) is 85.0 Å². The summed E-state index contributed by atoms with van der Waals surface area (Å²) in [6, 6.07) is 24.9. The molecule has 32 heavy (non-hydrogen) atoms. The fourth-order valence-electron chi connectivity index (χ4n) is 4.36. The minimum Gasteiger partial charge on any atom is -0.485 e. The van der Waals surface area contributed by atoms with Gasteiger partial charge in [-0.25, -0.2) is 15.0 Å². The molecule has 2 heterocycles. The number of allylic oxidation sites excluding steroid dienone is 2. The van der Waals surface area contributed by atoms with E-state index in [4.69, 9.17) is 9.72 Å². The fraction of sp³-hybridized carbons (Fsp3) is 0.107. The number of nitrogens with zero attached hydrogens (tertiary/aromatic N) is 3. The van der Waals surface area contributed by atoms with Gasteiger partial charge >= 0.3 is 0 Å². The van der Waals surface area contributed by atoms with E-state index < -0.39 is 0 Å². The summed E-state index contributed by atoms with van der Waals surface area (Å²) >= 11 is 0. The van der Waals surface area contributed by atoms with Gasteiger partial charge in [0.1, 0.15) is 17.7 Å². The second-order valence-electron chi connectivity index (χ2n) is 8.10. The Bertz CT molecular complexity index is 1360. The van der Waals surface area contributed by atoms with Crippen molar-refractivity contribution in [1.29, 1.82) is 0 Å². The molecule has 3 aromatic carbocycles. The topological polar surface area (TPSA) is 47.9 Å². The van der Waals surface area contributed by atoms with E-state index in [2.05, 4.69) is 76.7 Å². The molecular formula is C28H21N3O. The van der Waals surface area contributed by atoms with Gasteiger partial charge in [0.05, 0.1) is 0 Å². The first-order valence-corrected chi connectivity index (χ1v) is 10.8. The first-order valence-electron chi connectivity index (χ1n) is 10.8. The first-order chi connectivity index (χ1) is 15.7. The van der Waals surface area contributed by atoms with E-state index in [1.54, 1.807) is 0 Å². The summed E-state index contributed by atoms with van der Waals surface area (Å²) in [5.41, 5.74) is 5.47. The third-order valence-corrected chi connectivity index (χ3v) is 5.98. The third kappa shape index (κ3) is 3.30. The second kappa shape index (κ2) is 7.57. The van der Waals surface area contributed by atoms with E-state index in [1.807, 2.05) is 37.3 Å². The van der Waals surface area contributed by atoms with Crippen LogP contribution in [0.3, 0.4) is 0 Å². The van der Waals surface area contributed by atoms with Crippen LogP contribution in [0.15, 0.2) is 97.1 Å². The third-order valence-electron chi connectivity index (χ3n) is 5.98. The van der Waals surface area contributed by atoms with Crippen LogP contribution in [0.4, 0.5) is 0 Å². The van der Waals surface area contributed by atoms with Crippen LogP contribution in [0.25, 0.3) is 33.9 Å². The van der Waals surface area contributed by atoms with Crippen LogP contribution in [-0.2, 0) is 0 Å². The van der Waals surface area contributed by atoms with Crippen LogP contribution in [0.1, 0.15) is 17.3 Å². The monoisotopic (exact) mass is 415 g/mol. The summed E-state index contributed by atoms with van der Waals surface area (Å²) in [5, 5.41) is 0. The standard InChI is InChI=1S/C28H21N3O/c1-18-29-27(21-13-11-20(12-14-21)19-7-3-2-4-8-19)31-28(30-18)22-15-16-24-23-9-5-6-10-25(23)32-26(24)17-22/h2-17,23,25H,1H3. The molecular weight excluding hydrogens is 394 g/mol. The molecule has 2 aliphatic rings. The summed E-state index contributed by atoms with van der Waals surface area (Å²) in [4.78, 5) is 14.0. The van der Waals surface area contributed by atoms with Crippen molar-refractivity contribution in [3.8, 4) is 39.7 Å². The molecule has 1 aromatic heterocycles. The molecule has 154 valence electrons. The number of benzene rings is 3. The molecule has 2 atom stereocenters. The molecule has 0 amide bonds. The maximum Gasteiger partial charge on any atom is 0.163 e. The van der Waals surface area contributed by atoms with Crippen LogP contribution in [0.2, 0.25) is 0 Å². The van der Waals surface area contributed by atoms with Crippen LogP contribution < -0.4 is 4.74 Å². The van der Waals surface area contributed by atoms with Crippen LogP contribution in [0.5, 0.6) is 5.75 Å². The lowest BCUT2D eigenvalue weighted by Crippen LogP contribution is -2.15. The van der Waals surface area contributed by atoms with E-state index in [9.17, 15) is 0 Å². The number of rotatable bonds is 3. The van der Waals surface area contributed by atoms with Crippen LogP contribution in [0, 0.1) is 6.92 Å². The minimum absolute atomic E-state index is 0.0732. The molecule has 1 aliphatic heterocycles. The van der Waals surface area contributed by atoms with Gasteiger partial charge in [-0.2, -0.15) is 0 Å². The van der Waals surface area contributed by atoms with E-state index >= 15 is 0 Å². The highest BCUT2D eigenvalue weighted by Gasteiger charge is 2.32. The Morgan fingerprint density at radius 3 is 2.12 bits per heavy atom. The normalized spacial score (nSPS) is 18.2. The summed E-state index contributed by atoms with van der Waals surface area (Å²) in [6.07, 6.45) is 8.50. The van der Waals surface area contributed by atoms with Gasteiger partial charge in [-0.3, -0.25) is 0 Å². The molecule has 0 N–H and O–H groups in total.